The van der Waals surface area contributed by atoms with E-state index < -0.39 is 10.0 Å². The Morgan fingerprint density at radius 2 is 2.29 bits per heavy atom. The second-order valence-corrected chi connectivity index (χ2v) is 7.70. The summed E-state index contributed by atoms with van der Waals surface area (Å²) in [4.78, 5) is 0.123. The maximum atomic E-state index is 12.5. The van der Waals surface area contributed by atoms with E-state index in [1.807, 2.05) is 6.07 Å². The zero-order valence-electron chi connectivity index (χ0n) is 11.8. The highest BCUT2D eigenvalue weighted by Crippen LogP contribution is 2.23. The molecule has 5 nitrogen and oxygen atoms in total. The number of sulfonamides is 1. The van der Waals surface area contributed by atoms with Crippen LogP contribution in [0.3, 0.4) is 0 Å². The molecule has 7 heteroatoms. The number of rotatable bonds is 4. The topological polar surface area (TPSA) is 73.2 Å². The maximum Gasteiger partial charge on any atom is 0.242 e. The van der Waals surface area contributed by atoms with Gasteiger partial charge in [-0.1, -0.05) is 11.6 Å². The fourth-order valence-electron chi connectivity index (χ4n) is 2.47. The van der Waals surface area contributed by atoms with Gasteiger partial charge >= 0.3 is 0 Å². The van der Waals surface area contributed by atoms with Crippen molar-refractivity contribution in [3.05, 3.63) is 28.8 Å². The molecule has 0 bridgehead atoms. The van der Waals surface area contributed by atoms with Crippen molar-refractivity contribution in [2.45, 2.75) is 17.7 Å². The second kappa shape index (κ2) is 6.75. The van der Waals surface area contributed by atoms with E-state index in [-0.39, 0.29) is 15.5 Å². The van der Waals surface area contributed by atoms with E-state index in [9.17, 15) is 8.42 Å². The van der Waals surface area contributed by atoms with Crippen LogP contribution in [0.25, 0.3) is 0 Å². The molecule has 0 aromatic heterocycles. The van der Waals surface area contributed by atoms with Crippen molar-refractivity contribution in [2.24, 2.45) is 5.92 Å². The third kappa shape index (κ3) is 3.74. The van der Waals surface area contributed by atoms with Crippen LogP contribution in [0, 0.1) is 17.2 Å². The van der Waals surface area contributed by atoms with Crippen LogP contribution in [0.5, 0.6) is 0 Å². The Bertz CT molecular complexity index is 649. The molecule has 0 radical (unpaired) electrons. The highest BCUT2D eigenvalue weighted by atomic mass is 35.5. The molecule has 1 saturated heterocycles. The van der Waals surface area contributed by atoms with E-state index in [0.717, 1.165) is 25.9 Å². The minimum absolute atomic E-state index is 0.123. The van der Waals surface area contributed by atoms with Crippen molar-refractivity contribution in [1.29, 1.82) is 5.26 Å². The number of nitrogens with one attached hydrogen (secondary N) is 1. The van der Waals surface area contributed by atoms with Crippen molar-refractivity contribution in [3.63, 3.8) is 0 Å². The highest BCUT2D eigenvalue weighted by molar-refractivity contribution is 7.89. The van der Waals surface area contributed by atoms with Gasteiger partial charge in [-0.25, -0.2) is 12.7 Å². The predicted octanol–water partition coefficient (Wildman–Crippen LogP) is 1.83. The lowest BCUT2D eigenvalue weighted by molar-refractivity contribution is 0.315. The molecule has 1 heterocycles. The zero-order valence-corrected chi connectivity index (χ0v) is 13.4. The normalized spacial score (nSPS) is 19.4. The highest BCUT2D eigenvalue weighted by Gasteiger charge is 2.25. The average molecular weight is 328 g/mol. The van der Waals surface area contributed by atoms with Crippen molar-refractivity contribution >= 4 is 21.6 Å². The van der Waals surface area contributed by atoms with E-state index in [0.29, 0.717) is 12.5 Å². The fourth-order valence-corrected chi connectivity index (χ4v) is 4.03. The Hall–Kier alpha value is -1.13. The van der Waals surface area contributed by atoms with Gasteiger partial charge in [-0.15, -0.1) is 0 Å². The lowest BCUT2D eigenvalue weighted by Gasteiger charge is -2.27. The zero-order chi connectivity index (χ0) is 15.5. The maximum absolute atomic E-state index is 12.5. The molecule has 1 atom stereocenters. The van der Waals surface area contributed by atoms with Crippen molar-refractivity contribution < 1.29 is 8.42 Å². The van der Waals surface area contributed by atoms with Crippen LogP contribution in [0.2, 0.25) is 5.02 Å². The quantitative estimate of drug-likeness (QED) is 0.915. The third-order valence-corrected chi connectivity index (χ3v) is 5.82. The van der Waals surface area contributed by atoms with Crippen LogP contribution in [0.15, 0.2) is 23.1 Å². The summed E-state index contributed by atoms with van der Waals surface area (Å²) in [7, 11) is -1.99. The summed E-state index contributed by atoms with van der Waals surface area (Å²) >= 11 is 5.92. The Balaban J connectivity index is 2.16. The van der Waals surface area contributed by atoms with Gasteiger partial charge in [0.15, 0.2) is 0 Å². The monoisotopic (exact) mass is 327 g/mol. The van der Waals surface area contributed by atoms with E-state index >= 15 is 0 Å². The summed E-state index contributed by atoms with van der Waals surface area (Å²) < 4.78 is 26.4. The molecule has 114 valence electrons. The molecule has 1 aromatic rings. The minimum atomic E-state index is -3.57. The Morgan fingerprint density at radius 3 is 2.86 bits per heavy atom. The van der Waals surface area contributed by atoms with E-state index in [1.165, 1.54) is 22.5 Å². The predicted molar refractivity (Wildman–Crippen MR) is 81.6 cm³/mol. The van der Waals surface area contributed by atoms with Gasteiger partial charge in [-0.05, 0) is 50.0 Å². The molecule has 0 amide bonds. The molecule has 1 unspecified atom stereocenters. The van der Waals surface area contributed by atoms with Crippen LogP contribution in [0.4, 0.5) is 0 Å². The third-order valence-electron chi connectivity index (χ3n) is 3.68. The number of nitrogens with zero attached hydrogens (tertiary/aromatic N) is 2. The lowest BCUT2D eigenvalue weighted by atomic mass is 10.00. The summed E-state index contributed by atoms with van der Waals surface area (Å²) in [5.74, 6) is 0.326. The SMILES string of the molecule is CN(CC1CCCNC1)S(=O)(=O)c1ccc(C#N)c(Cl)c1. The number of nitriles is 1. The summed E-state index contributed by atoms with van der Waals surface area (Å²) in [6.07, 6.45) is 2.10. The smallest absolute Gasteiger partial charge is 0.242 e. The van der Waals surface area contributed by atoms with Gasteiger partial charge in [0.2, 0.25) is 10.0 Å². The van der Waals surface area contributed by atoms with Crippen LogP contribution in [-0.4, -0.2) is 39.4 Å². The van der Waals surface area contributed by atoms with Gasteiger partial charge in [0.05, 0.1) is 15.5 Å². The summed E-state index contributed by atoms with van der Waals surface area (Å²) in [5.41, 5.74) is 0.273. The first-order valence-electron chi connectivity index (χ1n) is 6.82. The molecular formula is C14H18ClN3O2S. The Kier molecular flexibility index (Phi) is 5.22. The lowest BCUT2D eigenvalue weighted by Crippen LogP contribution is -2.39. The molecule has 1 aliphatic rings. The Labute approximate surface area is 130 Å². The Morgan fingerprint density at radius 1 is 1.52 bits per heavy atom. The first-order chi connectivity index (χ1) is 9.95. The van der Waals surface area contributed by atoms with Crippen LogP contribution in [0.1, 0.15) is 18.4 Å². The summed E-state index contributed by atoms with van der Waals surface area (Å²) in [5, 5.41) is 12.3. The van der Waals surface area contributed by atoms with E-state index in [4.69, 9.17) is 16.9 Å². The van der Waals surface area contributed by atoms with Gasteiger partial charge in [0.1, 0.15) is 6.07 Å². The number of hydrogen-bond acceptors (Lipinski definition) is 4. The molecule has 0 spiro atoms. The standard InChI is InChI=1S/C14H18ClN3O2S/c1-18(10-11-3-2-6-17-9-11)21(19,20)13-5-4-12(8-16)14(15)7-13/h4-5,7,11,17H,2-3,6,9-10H2,1H3. The molecular weight excluding hydrogens is 310 g/mol. The number of piperidine rings is 1. The first-order valence-corrected chi connectivity index (χ1v) is 8.63. The number of benzene rings is 1. The van der Waals surface area contributed by atoms with Gasteiger partial charge in [0, 0.05) is 13.6 Å². The van der Waals surface area contributed by atoms with Crippen LogP contribution in [-0.2, 0) is 10.0 Å². The molecule has 1 N–H and O–H groups in total. The van der Waals surface area contributed by atoms with E-state index in [2.05, 4.69) is 5.32 Å². The molecule has 2 rings (SSSR count). The molecule has 1 fully saturated rings. The number of hydrogen-bond donors (Lipinski definition) is 1. The molecule has 0 saturated carbocycles. The molecule has 0 aliphatic carbocycles. The first kappa shape index (κ1) is 16.2. The largest absolute Gasteiger partial charge is 0.316 e. The van der Waals surface area contributed by atoms with Crippen LogP contribution >= 0.6 is 11.6 Å². The van der Waals surface area contributed by atoms with Crippen molar-refractivity contribution in [1.82, 2.24) is 9.62 Å². The number of halogens is 1. The van der Waals surface area contributed by atoms with Gasteiger partial charge in [0.25, 0.3) is 0 Å². The fraction of sp³-hybridized carbons (Fsp3) is 0.500. The second-order valence-electron chi connectivity index (χ2n) is 5.25. The van der Waals surface area contributed by atoms with E-state index in [1.54, 1.807) is 7.05 Å². The molecule has 21 heavy (non-hydrogen) atoms. The summed E-state index contributed by atoms with van der Waals surface area (Å²) in [6, 6.07) is 6.12. The summed E-state index contributed by atoms with van der Waals surface area (Å²) in [6.45, 7) is 2.32. The molecule has 1 aromatic carbocycles. The molecule has 1 aliphatic heterocycles. The van der Waals surface area contributed by atoms with Gasteiger partial charge in [-0.2, -0.15) is 5.26 Å². The minimum Gasteiger partial charge on any atom is -0.316 e. The van der Waals surface area contributed by atoms with Crippen LogP contribution < -0.4 is 5.32 Å². The average Bonchev–Trinajstić information content (AvgIpc) is 2.48. The van der Waals surface area contributed by atoms with Crippen molar-refractivity contribution in [2.75, 3.05) is 26.7 Å². The van der Waals surface area contributed by atoms with Gasteiger partial charge < -0.3 is 5.32 Å². The van der Waals surface area contributed by atoms with Crippen molar-refractivity contribution in [3.8, 4) is 6.07 Å². The van der Waals surface area contributed by atoms with Gasteiger partial charge in [-0.3, -0.25) is 0 Å².